The highest BCUT2D eigenvalue weighted by Crippen LogP contribution is 2.19. The molecule has 0 aliphatic carbocycles. The van der Waals surface area contributed by atoms with Crippen molar-refractivity contribution >= 4 is 29.2 Å². The maximum atomic E-state index is 12.1. The number of hydrogen-bond acceptors (Lipinski definition) is 8. The van der Waals surface area contributed by atoms with Gasteiger partial charge in [-0.1, -0.05) is 28.9 Å². The summed E-state index contributed by atoms with van der Waals surface area (Å²) in [6.07, 6.45) is 0. The lowest BCUT2D eigenvalue weighted by molar-refractivity contribution is -0.389. The Morgan fingerprint density at radius 3 is 2.73 bits per heavy atom. The molecule has 0 radical (unpaired) electrons. The van der Waals surface area contributed by atoms with Gasteiger partial charge in [-0.05, 0) is 24.0 Å². The topological polar surface area (TPSA) is 158 Å². The monoisotopic (exact) mass is 433 g/mol. The second-order valence-electron chi connectivity index (χ2n) is 6.10. The van der Waals surface area contributed by atoms with E-state index in [1.807, 2.05) is 0 Å². The van der Waals surface area contributed by atoms with Gasteiger partial charge < -0.3 is 25.3 Å². The van der Waals surface area contributed by atoms with E-state index in [-0.39, 0.29) is 37.2 Å². The lowest BCUT2D eigenvalue weighted by atomic mass is 10.2. The van der Waals surface area contributed by atoms with Crippen molar-refractivity contribution in [2.75, 3.05) is 13.1 Å². The molecule has 3 aromatic rings. The SMILES string of the molecule is Cc1cc([N+](=O)[O-])nn1CC(=O)NCCNC(=O)c1nc(-c2cccc(Cl)c2)no1. The second-order valence-corrected chi connectivity index (χ2v) is 6.53. The fourth-order valence-corrected chi connectivity index (χ4v) is 2.64. The number of nitro groups is 1. The molecule has 30 heavy (non-hydrogen) atoms. The van der Waals surface area contributed by atoms with E-state index in [2.05, 4.69) is 25.9 Å². The average molecular weight is 434 g/mol. The number of hydrogen-bond donors (Lipinski definition) is 2. The van der Waals surface area contributed by atoms with E-state index in [9.17, 15) is 19.7 Å². The van der Waals surface area contributed by atoms with Crippen LogP contribution in [0.1, 0.15) is 16.4 Å². The van der Waals surface area contributed by atoms with Gasteiger partial charge in [0.25, 0.3) is 0 Å². The second kappa shape index (κ2) is 9.13. The van der Waals surface area contributed by atoms with E-state index in [1.54, 1.807) is 31.2 Å². The van der Waals surface area contributed by atoms with Gasteiger partial charge in [0.1, 0.15) is 6.54 Å². The molecule has 2 amide bonds. The van der Waals surface area contributed by atoms with Crippen molar-refractivity contribution < 1.29 is 19.0 Å². The molecule has 2 heterocycles. The fraction of sp³-hybridized carbons (Fsp3) is 0.235. The first-order valence-electron chi connectivity index (χ1n) is 8.67. The summed E-state index contributed by atoms with van der Waals surface area (Å²) in [4.78, 5) is 38.1. The molecule has 3 rings (SSSR count). The summed E-state index contributed by atoms with van der Waals surface area (Å²) in [5, 5.41) is 23.8. The summed E-state index contributed by atoms with van der Waals surface area (Å²) < 4.78 is 6.17. The lowest BCUT2D eigenvalue weighted by Gasteiger charge is -2.05. The Morgan fingerprint density at radius 1 is 1.27 bits per heavy atom. The van der Waals surface area contributed by atoms with E-state index >= 15 is 0 Å². The fourth-order valence-electron chi connectivity index (χ4n) is 2.45. The molecule has 0 aliphatic heterocycles. The number of halogens is 1. The minimum Gasteiger partial charge on any atom is -0.358 e. The van der Waals surface area contributed by atoms with Crippen LogP contribution in [0, 0.1) is 17.0 Å². The third kappa shape index (κ3) is 5.17. The summed E-state index contributed by atoms with van der Waals surface area (Å²) in [5.74, 6) is -1.34. The average Bonchev–Trinajstić information content (AvgIpc) is 3.33. The van der Waals surface area contributed by atoms with E-state index in [1.165, 1.54) is 10.7 Å². The van der Waals surface area contributed by atoms with Crippen LogP contribution in [0.2, 0.25) is 5.02 Å². The maximum absolute atomic E-state index is 12.1. The van der Waals surface area contributed by atoms with E-state index in [0.717, 1.165) is 0 Å². The largest absolute Gasteiger partial charge is 0.390 e. The number of aryl methyl sites for hydroxylation is 1. The first-order chi connectivity index (χ1) is 14.3. The van der Waals surface area contributed by atoms with Gasteiger partial charge in [0.2, 0.25) is 11.7 Å². The number of rotatable bonds is 8. The Morgan fingerprint density at radius 2 is 2.03 bits per heavy atom. The predicted molar refractivity (Wildman–Crippen MR) is 104 cm³/mol. The molecule has 0 saturated carbocycles. The van der Waals surface area contributed by atoms with Gasteiger partial charge in [-0.3, -0.25) is 9.59 Å². The molecule has 2 N–H and O–H groups in total. The zero-order valence-corrected chi connectivity index (χ0v) is 16.4. The van der Waals surface area contributed by atoms with Gasteiger partial charge >= 0.3 is 17.6 Å². The van der Waals surface area contributed by atoms with E-state index in [0.29, 0.717) is 16.3 Å². The smallest absolute Gasteiger partial charge is 0.358 e. The van der Waals surface area contributed by atoms with Gasteiger partial charge in [-0.15, -0.1) is 0 Å². The quantitative estimate of drug-likeness (QED) is 0.306. The molecule has 0 saturated heterocycles. The van der Waals surface area contributed by atoms with Crippen molar-refractivity contribution in [3.63, 3.8) is 0 Å². The highest BCUT2D eigenvalue weighted by atomic mass is 35.5. The third-order valence-corrected chi connectivity index (χ3v) is 4.12. The third-order valence-electron chi connectivity index (χ3n) is 3.88. The summed E-state index contributed by atoms with van der Waals surface area (Å²) in [6.45, 7) is 1.66. The van der Waals surface area contributed by atoms with Crippen molar-refractivity contribution in [1.29, 1.82) is 0 Å². The summed E-state index contributed by atoms with van der Waals surface area (Å²) in [6, 6.07) is 8.06. The van der Waals surface area contributed by atoms with Crippen molar-refractivity contribution in [2.24, 2.45) is 0 Å². The van der Waals surface area contributed by atoms with Crippen LogP contribution >= 0.6 is 11.6 Å². The highest BCUT2D eigenvalue weighted by Gasteiger charge is 2.18. The molecule has 156 valence electrons. The lowest BCUT2D eigenvalue weighted by Crippen LogP contribution is -2.36. The summed E-state index contributed by atoms with van der Waals surface area (Å²) >= 11 is 5.91. The number of nitrogens with one attached hydrogen (secondary N) is 2. The van der Waals surface area contributed by atoms with Crippen molar-refractivity contribution in [1.82, 2.24) is 30.6 Å². The molecule has 2 aromatic heterocycles. The molecule has 0 fully saturated rings. The zero-order valence-electron chi connectivity index (χ0n) is 15.7. The molecule has 0 unspecified atom stereocenters. The van der Waals surface area contributed by atoms with Gasteiger partial charge in [0.05, 0.1) is 16.9 Å². The van der Waals surface area contributed by atoms with Crippen LogP contribution < -0.4 is 10.6 Å². The number of amides is 2. The minimum atomic E-state index is -0.633. The summed E-state index contributed by atoms with van der Waals surface area (Å²) in [5.41, 5.74) is 1.09. The standard InChI is InChI=1S/C17H16ClN7O5/c1-10-7-13(25(28)29)22-24(10)9-14(26)19-5-6-20-16(27)17-21-15(23-30-17)11-3-2-4-12(18)8-11/h2-4,7-8H,5-6,9H2,1H3,(H,19,26)(H,20,27). The van der Waals surface area contributed by atoms with Crippen LogP contribution in [-0.2, 0) is 11.3 Å². The van der Waals surface area contributed by atoms with Gasteiger partial charge in [-0.25, -0.2) is 0 Å². The highest BCUT2D eigenvalue weighted by molar-refractivity contribution is 6.30. The Hall–Kier alpha value is -3.80. The Bertz CT molecular complexity index is 1090. The van der Waals surface area contributed by atoms with Gasteiger partial charge in [-0.2, -0.15) is 9.67 Å². The van der Waals surface area contributed by atoms with Crippen molar-refractivity contribution in [3.8, 4) is 11.4 Å². The Labute approximate surface area is 174 Å². The maximum Gasteiger partial charge on any atom is 0.390 e. The van der Waals surface area contributed by atoms with Gasteiger partial charge in [0.15, 0.2) is 0 Å². The predicted octanol–water partition coefficient (Wildman–Crippen LogP) is 1.35. The van der Waals surface area contributed by atoms with Crippen LogP contribution in [0.3, 0.4) is 0 Å². The van der Waals surface area contributed by atoms with Crippen LogP contribution in [-0.4, -0.2) is 49.7 Å². The number of benzene rings is 1. The molecule has 0 aliphatic rings. The molecule has 0 atom stereocenters. The van der Waals surface area contributed by atoms with Crippen molar-refractivity contribution in [3.05, 3.63) is 57.1 Å². The molecule has 0 bridgehead atoms. The number of carbonyl (C=O) groups excluding carboxylic acids is 2. The molecule has 12 nitrogen and oxygen atoms in total. The first kappa shape index (κ1) is 20.9. The molecular weight excluding hydrogens is 418 g/mol. The number of aromatic nitrogens is 4. The first-order valence-corrected chi connectivity index (χ1v) is 9.04. The number of carbonyl (C=O) groups is 2. The molecule has 1 aromatic carbocycles. The molecule has 13 heteroatoms. The normalized spacial score (nSPS) is 10.6. The van der Waals surface area contributed by atoms with Gasteiger partial charge in [0, 0.05) is 23.7 Å². The van der Waals surface area contributed by atoms with Crippen LogP contribution in [0.15, 0.2) is 34.9 Å². The summed E-state index contributed by atoms with van der Waals surface area (Å²) in [7, 11) is 0. The minimum absolute atomic E-state index is 0.109. The van der Waals surface area contributed by atoms with Crippen LogP contribution in [0.25, 0.3) is 11.4 Å². The Balaban J connectivity index is 1.45. The molecular formula is C17H16ClN7O5. The van der Waals surface area contributed by atoms with E-state index < -0.39 is 16.7 Å². The van der Waals surface area contributed by atoms with E-state index in [4.69, 9.17) is 16.1 Å². The van der Waals surface area contributed by atoms with Crippen molar-refractivity contribution in [2.45, 2.75) is 13.5 Å². The number of nitrogens with zero attached hydrogens (tertiary/aromatic N) is 5. The molecule has 0 spiro atoms. The Kier molecular flexibility index (Phi) is 6.37. The van der Waals surface area contributed by atoms with Crippen LogP contribution in [0.4, 0.5) is 5.82 Å². The van der Waals surface area contributed by atoms with Crippen LogP contribution in [0.5, 0.6) is 0 Å². The zero-order chi connectivity index (χ0) is 21.7.